The largest absolute Gasteiger partial charge is 0.462 e. The Labute approximate surface area is 59.3 Å². The van der Waals surface area contributed by atoms with E-state index in [9.17, 15) is 4.79 Å². The average Bonchev–Trinajstić information content (AvgIpc) is 2.59. The lowest BCUT2D eigenvalue weighted by atomic mass is 10.1. The number of carbonyl (C=O) groups excluding carboxylic acids is 1. The lowest BCUT2D eigenvalue weighted by molar-refractivity contribution is -0.141. The van der Waals surface area contributed by atoms with Gasteiger partial charge in [-0.3, -0.25) is 4.79 Å². The molecule has 0 spiro atoms. The van der Waals surface area contributed by atoms with Gasteiger partial charge in [0.1, 0.15) is 6.10 Å². The fraction of sp³-hybridized carbons (Fsp3) is 0.857. The third kappa shape index (κ3) is 1.29. The Morgan fingerprint density at radius 2 is 2.30 bits per heavy atom. The Morgan fingerprint density at radius 1 is 1.50 bits per heavy atom. The number of rotatable bonds is 2. The zero-order valence-electron chi connectivity index (χ0n) is 5.71. The Morgan fingerprint density at radius 3 is 2.80 bits per heavy atom. The second-order valence-electron chi connectivity index (χ2n) is 2.84. The third-order valence-electron chi connectivity index (χ3n) is 1.90. The molecule has 2 unspecified atom stereocenters. The lowest BCUT2D eigenvalue weighted by Gasteiger charge is -2.04. The molecule has 56 valence electrons. The second-order valence-corrected chi connectivity index (χ2v) is 2.84. The van der Waals surface area contributed by atoms with Crippen LogP contribution >= 0.6 is 0 Å². The molecule has 2 atom stereocenters. The Hall–Kier alpha value is -0.570. The molecule has 0 amide bonds. The van der Waals surface area contributed by atoms with Crippen molar-refractivity contribution in [3.63, 3.8) is 0 Å². The Kier molecular flexibility index (Phi) is 1.38. The fourth-order valence-corrected chi connectivity index (χ4v) is 1.25. The summed E-state index contributed by atoms with van der Waals surface area (Å²) in [6, 6.07) is 0. The molecule has 2 fully saturated rings. The summed E-state index contributed by atoms with van der Waals surface area (Å²) < 4.78 is 10.0. The highest BCUT2D eigenvalue weighted by molar-refractivity contribution is 5.71. The van der Waals surface area contributed by atoms with Crippen molar-refractivity contribution in [3.05, 3.63) is 0 Å². The van der Waals surface area contributed by atoms with Gasteiger partial charge in [-0.25, -0.2) is 0 Å². The standard InChI is InChI=1S/C7H10O3/c8-7-2-1-5(10-7)3-6-4-9-6/h5-6H,1-4H2. The van der Waals surface area contributed by atoms with Crippen molar-refractivity contribution in [2.75, 3.05) is 6.61 Å². The number of esters is 1. The van der Waals surface area contributed by atoms with E-state index in [2.05, 4.69) is 0 Å². The van der Waals surface area contributed by atoms with Crippen LogP contribution in [0, 0.1) is 0 Å². The minimum Gasteiger partial charge on any atom is -0.462 e. The molecule has 0 aromatic heterocycles. The molecule has 2 rings (SSSR count). The van der Waals surface area contributed by atoms with Crippen LogP contribution in [0.5, 0.6) is 0 Å². The number of epoxide rings is 1. The molecular weight excluding hydrogens is 132 g/mol. The first kappa shape index (κ1) is 6.16. The SMILES string of the molecule is O=C1CCC(CC2CO2)O1. The van der Waals surface area contributed by atoms with E-state index in [1.807, 2.05) is 0 Å². The Bertz CT molecular complexity index is 151. The monoisotopic (exact) mass is 142 g/mol. The van der Waals surface area contributed by atoms with Gasteiger partial charge in [0.25, 0.3) is 0 Å². The van der Waals surface area contributed by atoms with Crippen LogP contribution in [0.25, 0.3) is 0 Å². The summed E-state index contributed by atoms with van der Waals surface area (Å²) >= 11 is 0. The molecule has 0 aromatic rings. The van der Waals surface area contributed by atoms with E-state index in [4.69, 9.17) is 9.47 Å². The first-order valence-electron chi connectivity index (χ1n) is 3.65. The van der Waals surface area contributed by atoms with Gasteiger partial charge in [0.05, 0.1) is 12.7 Å². The zero-order chi connectivity index (χ0) is 6.97. The van der Waals surface area contributed by atoms with Gasteiger partial charge in [0, 0.05) is 12.8 Å². The van der Waals surface area contributed by atoms with E-state index in [1.54, 1.807) is 0 Å². The first-order valence-corrected chi connectivity index (χ1v) is 3.65. The van der Waals surface area contributed by atoms with Crippen LogP contribution in [-0.4, -0.2) is 24.8 Å². The first-order chi connectivity index (χ1) is 4.84. The molecular formula is C7H10O3. The maximum atomic E-state index is 10.6. The molecule has 10 heavy (non-hydrogen) atoms. The summed E-state index contributed by atoms with van der Waals surface area (Å²) in [7, 11) is 0. The van der Waals surface area contributed by atoms with E-state index < -0.39 is 0 Å². The van der Waals surface area contributed by atoms with E-state index >= 15 is 0 Å². The summed E-state index contributed by atoms with van der Waals surface area (Å²) in [4.78, 5) is 10.6. The molecule has 0 aromatic carbocycles. The molecule has 2 heterocycles. The molecule has 0 aliphatic carbocycles. The van der Waals surface area contributed by atoms with Crippen LogP contribution in [0.15, 0.2) is 0 Å². The summed E-state index contributed by atoms with van der Waals surface area (Å²) in [5.41, 5.74) is 0. The number of ether oxygens (including phenoxy) is 2. The predicted molar refractivity (Wildman–Crippen MR) is 33.5 cm³/mol. The molecule has 0 bridgehead atoms. The third-order valence-corrected chi connectivity index (χ3v) is 1.90. The number of carbonyl (C=O) groups is 1. The predicted octanol–water partition coefficient (Wildman–Crippen LogP) is 0.481. The van der Waals surface area contributed by atoms with Gasteiger partial charge < -0.3 is 9.47 Å². The Balaban J connectivity index is 1.77. The van der Waals surface area contributed by atoms with E-state index in [0.29, 0.717) is 12.5 Å². The molecule has 0 radical (unpaired) electrons. The second kappa shape index (κ2) is 2.23. The maximum Gasteiger partial charge on any atom is 0.306 e. The normalized spacial score (nSPS) is 37.8. The van der Waals surface area contributed by atoms with Crippen LogP contribution in [-0.2, 0) is 14.3 Å². The molecule has 0 saturated carbocycles. The molecule has 0 N–H and O–H groups in total. The summed E-state index contributed by atoms with van der Waals surface area (Å²) in [6.45, 7) is 0.855. The van der Waals surface area contributed by atoms with Crippen molar-refractivity contribution in [2.45, 2.75) is 31.5 Å². The van der Waals surface area contributed by atoms with Crippen molar-refractivity contribution in [1.82, 2.24) is 0 Å². The molecule has 3 nitrogen and oxygen atoms in total. The highest BCUT2D eigenvalue weighted by Gasteiger charge is 2.31. The lowest BCUT2D eigenvalue weighted by Crippen LogP contribution is -2.09. The number of hydrogen-bond acceptors (Lipinski definition) is 3. The van der Waals surface area contributed by atoms with E-state index in [-0.39, 0.29) is 12.1 Å². The summed E-state index contributed by atoms with van der Waals surface area (Å²) in [5, 5.41) is 0. The topological polar surface area (TPSA) is 38.8 Å². The van der Waals surface area contributed by atoms with Gasteiger partial charge in [0.15, 0.2) is 0 Å². The maximum absolute atomic E-state index is 10.6. The van der Waals surface area contributed by atoms with Gasteiger partial charge in [-0.2, -0.15) is 0 Å². The molecule has 2 saturated heterocycles. The van der Waals surface area contributed by atoms with Crippen LogP contribution in [0.2, 0.25) is 0 Å². The average molecular weight is 142 g/mol. The summed E-state index contributed by atoms with van der Waals surface area (Å²) in [6.07, 6.45) is 2.93. The number of cyclic esters (lactones) is 1. The van der Waals surface area contributed by atoms with Crippen LogP contribution < -0.4 is 0 Å². The highest BCUT2D eigenvalue weighted by Crippen LogP contribution is 2.24. The van der Waals surface area contributed by atoms with Crippen molar-refractivity contribution in [2.24, 2.45) is 0 Å². The quantitative estimate of drug-likeness (QED) is 0.416. The van der Waals surface area contributed by atoms with Gasteiger partial charge >= 0.3 is 5.97 Å². The van der Waals surface area contributed by atoms with Crippen LogP contribution in [0.4, 0.5) is 0 Å². The van der Waals surface area contributed by atoms with Crippen molar-refractivity contribution >= 4 is 5.97 Å². The number of hydrogen-bond donors (Lipinski definition) is 0. The van der Waals surface area contributed by atoms with Gasteiger partial charge in [0.2, 0.25) is 0 Å². The van der Waals surface area contributed by atoms with Gasteiger partial charge in [-0.1, -0.05) is 0 Å². The molecule has 3 heteroatoms. The van der Waals surface area contributed by atoms with Gasteiger partial charge in [-0.05, 0) is 6.42 Å². The highest BCUT2D eigenvalue weighted by atomic mass is 16.6. The van der Waals surface area contributed by atoms with Crippen LogP contribution in [0.1, 0.15) is 19.3 Å². The molecule has 2 aliphatic rings. The van der Waals surface area contributed by atoms with E-state index in [0.717, 1.165) is 19.4 Å². The summed E-state index contributed by atoms with van der Waals surface area (Å²) in [5.74, 6) is -0.0503. The zero-order valence-corrected chi connectivity index (χ0v) is 5.71. The van der Waals surface area contributed by atoms with Crippen molar-refractivity contribution in [1.29, 1.82) is 0 Å². The minimum absolute atomic E-state index is 0.0503. The molecule has 2 aliphatic heterocycles. The smallest absolute Gasteiger partial charge is 0.306 e. The van der Waals surface area contributed by atoms with Crippen molar-refractivity contribution < 1.29 is 14.3 Å². The van der Waals surface area contributed by atoms with Gasteiger partial charge in [-0.15, -0.1) is 0 Å². The van der Waals surface area contributed by atoms with Crippen molar-refractivity contribution in [3.8, 4) is 0 Å². The fourth-order valence-electron chi connectivity index (χ4n) is 1.25. The van der Waals surface area contributed by atoms with E-state index in [1.165, 1.54) is 0 Å². The van der Waals surface area contributed by atoms with Crippen LogP contribution in [0.3, 0.4) is 0 Å². The minimum atomic E-state index is -0.0503.